The number of hydrogen-bond acceptors (Lipinski definition) is 8. The number of aromatic nitrogens is 2. The molecule has 1 aliphatic rings. The molecular formula is C22H28N3NaO11P+. The summed E-state index contributed by atoms with van der Waals surface area (Å²) in [6.45, 7) is -0.627. The van der Waals surface area contributed by atoms with Gasteiger partial charge in [0.25, 0.3) is 6.23 Å². The number of aliphatic carboxylic acids is 1. The average molecular weight is 564 g/mol. The molecule has 1 unspecified atom stereocenters. The van der Waals surface area contributed by atoms with Crippen LogP contribution in [0.25, 0.3) is 10.9 Å². The van der Waals surface area contributed by atoms with Gasteiger partial charge in [0.15, 0.2) is 18.5 Å². The Labute approximate surface area is 238 Å². The Kier molecular flexibility index (Phi) is 11.6. The van der Waals surface area contributed by atoms with Gasteiger partial charge in [-0.1, -0.05) is 18.2 Å². The number of phosphoric ester groups is 1. The summed E-state index contributed by atoms with van der Waals surface area (Å²) in [7, 11) is -4.73. The molecule has 0 saturated carbocycles. The van der Waals surface area contributed by atoms with Crippen molar-refractivity contribution in [2.75, 3.05) is 6.61 Å². The number of aliphatic hydroxyl groups excluding tert-OH is 2. The average Bonchev–Trinajstić information content (AvgIpc) is 3.38. The molecule has 14 nitrogen and oxygen atoms in total. The van der Waals surface area contributed by atoms with Gasteiger partial charge in [0, 0.05) is 29.6 Å². The van der Waals surface area contributed by atoms with Gasteiger partial charge in [0.05, 0.1) is 6.61 Å². The summed E-state index contributed by atoms with van der Waals surface area (Å²) in [4.78, 5) is 41.9. The molecule has 5 atom stereocenters. The molecular weight excluding hydrogens is 536 g/mol. The predicted octanol–water partition coefficient (Wildman–Crippen LogP) is -1.13. The molecule has 0 bridgehead atoms. The maximum atomic E-state index is 10.9. The summed E-state index contributed by atoms with van der Waals surface area (Å²) in [5.74, 6) is -2.15. The van der Waals surface area contributed by atoms with Crippen molar-refractivity contribution in [2.24, 2.45) is 5.73 Å². The number of benzene rings is 1. The number of carboxylic acid groups (broad SMARTS) is 2. The Morgan fingerprint density at radius 2 is 1.82 bits per heavy atom. The molecule has 16 heteroatoms. The molecule has 1 fully saturated rings. The number of pyridine rings is 1. The molecule has 1 saturated heterocycles. The first-order valence-electron chi connectivity index (χ1n) is 10.9. The number of nitrogens with two attached hydrogens (primary N) is 1. The van der Waals surface area contributed by atoms with E-state index in [4.69, 9.17) is 30.5 Å². The van der Waals surface area contributed by atoms with Gasteiger partial charge in [0.1, 0.15) is 23.8 Å². The van der Waals surface area contributed by atoms with Crippen molar-refractivity contribution in [3.8, 4) is 0 Å². The summed E-state index contributed by atoms with van der Waals surface area (Å²) >= 11 is 0. The van der Waals surface area contributed by atoms with E-state index in [1.54, 1.807) is 0 Å². The fraction of sp³-hybridized carbons (Fsp3) is 0.318. The topological polar surface area (TPSA) is 237 Å². The third kappa shape index (κ3) is 8.40. The number of ether oxygens (including phenoxy) is 1. The molecule has 0 amide bonds. The van der Waals surface area contributed by atoms with Gasteiger partial charge in [-0.05, 0) is 17.7 Å². The van der Waals surface area contributed by atoms with Crippen LogP contribution < -0.4 is 10.3 Å². The van der Waals surface area contributed by atoms with Crippen LogP contribution in [0.5, 0.6) is 0 Å². The quantitative estimate of drug-likeness (QED) is 0.0922. The number of rotatable bonds is 8. The first-order valence-corrected chi connectivity index (χ1v) is 12.4. The Balaban J connectivity index is 0.000000277. The van der Waals surface area contributed by atoms with Gasteiger partial charge >= 0.3 is 49.3 Å². The van der Waals surface area contributed by atoms with Crippen molar-refractivity contribution < 1.29 is 58.2 Å². The van der Waals surface area contributed by atoms with Crippen LogP contribution in [-0.2, 0) is 25.0 Å². The van der Waals surface area contributed by atoms with Crippen LogP contribution in [0.3, 0.4) is 0 Å². The van der Waals surface area contributed by atoms with Crippen molar-refractivity contribution in [1.29, 1.82) is 0 Å². The van der Waals surface area contributed by atoms with Crippen molar-refractivity contribution in [2.45, 2.75) is 37.0 Å². The predicted molar refractivity (Wildman–Crippen MR) is 132 cm³/mol. The number of aromatic amines is 1. The molecule has 3 aromatic rings. The summed E-state index contributed by atoms with van der Waals surface area (Å²) in [5.41, 5.74) is 7.38. The maximum absolute atomic E-state index is 10.9. The second-order valence-corrected chi connectivity index (χ2v) is 9.43. The minimum atomic E-state index is -4.73. The number of nitrogens with zero attached hydrogens (tertiary/aromatic N) is 1. The van der Waals surface area contributed by atoms with Crippen LogP contribution in [0.15, 0.2) is 55.0 Å². The summed E-state index contributed by atoms with van der Waals surface area (Å²) in [5, 5.41) is 38.5. The van der Waals surface area contributed by atoms with Crippen LogP contribution in [0.4, 0.5) is 0 Å². The number of H-pyrrole nitrogens is 1. The van der Waals surface area contributed by atoms with Crippen molar-refractivity contribution in [1.82, 2.24) is 4.98 Å². The molecule has 3 heterocycles. The number of phosphoric acid groups is 1. The normalized spacial score (nSPS) is 21.7. The van der Waals surface area contributed by atoms with E-state index in [9.17, 15) is 24.4 Å². The van der Waals surface area contributed by atoms with E-state index >= 15 is 0 Å². The molecule has 1 aliphatic heterocycles. The van der Waals surface area contributed by atoms with Gasteiger partial charge in [-0.15, -0.1) is 0 Å². The van der Waals surface area contributed by atoms with Gasteiger partial charge < -0.3 is 45.7 Å². The summed E-state index contributed by atoms with van der Waals surface area (Å²) < 4.78 is 21.4. The van der Waals surface area contributed by atoms with Crippen LogP contribution >= 0.6 is 7.82 Å². The Hall–Kier alpha value is -2.20. The first kappa shape index (κ1) is 32.0. The second-order valence-electron chi connectivity index (χ2n) is 8.19. The number of para-hydroxylation sites is 1. The summed E-state index contributed by atoms with van der Waals surface area (Å²) in [6, 6.07) is 9.67. The van der Waals surface area contributed by atoms with Crippen molar-refractivity contribution in [3.63, 3.8) is 0 Å². The first-order chi connectivity index (χ1) is 17.4. The molecule has 9 N–H and O–H groups in total. The van der Waals surface area contributed by atoms with E-state index < -0.39 is 56.9 Å². The third-order valence-corrected chi connectivity index (χ3v) is 6.02. The monoisotopic (exact) mass is 564 g/mol. The van der Waals surface area contributed by atoms with Crippen LogP contribution in [0, 0.1) is 0 Å². The van der Waals surface area contributed by atoms with E-state index in [1.807, 2.05) is 30.5 Å². The van der Waals surface area contributed by atoms with E-state index in [0.29, 0.717) is 6.42 Å². The molecule has 2 aromatic heterocycles. The zero-order valence-electron chi connectivity index (χ0n) is 19.2. The minimum absolute atomic E-state index is 0. The van der Waals surface area contributed by atoms with E-state index in [-0.39, 0.29) is 35.1 Å². The fourth-order valence-electron chi connectivity index (χ4n) is 3.69. The fourth-order valence-corrected chi connectivity index (χ4v) is 4.03. The molecule has 1 aromatic carbocycles. The van der Waals surface area contributed by atoms with Gasteiger partial charge in [-0.3, -0.25) is 9.32 Å². The number of fused-ring (bicyclic) bond motifs is 1. The number of aromatic carboxylic acids is 1. The zero-order valence-corrected chi connectivity index (χ0v) is 20.1. The van der Waals surface area contributed by atoms with E-state index in [0.717, 1.165) is 16.5 Å². The number of aliphatic hydroxyl groups is 2. The van der Waals surface area contributed by atoms with Crippen LogP contribution in [-0.4, -0.2) is 108 Å². The Bertz CT molecular complexity index is 1300. The molecule has 0 radical (unpaired) electrons. The van der Waals surface area contributed by atoms with E-state index in [2.05, 4.69) is 9.51 Å². The Morgan fingerprint density at radius 1 is 1.13 bits per heavy atom. The molecule has 4 rings (SSSR count). The number of carbonyl (C=O) groups is 2. The summed E-state index contributed by atoms with van der Waals surface area (Å²) in [6.07, 6.45) is -0.355. The third-order valence-electron chi connectivity index (χ3n) is 5.54. The standard InChI is InChI=1S/C11H12N2O2.C11H14NO9P.Na.H/c12-9(11(14)15)5-7-6-13-10-4-2-1-3-8(7)10;13-8-7(5-20-22(17,18)19)21-10(9(8)14)12-3-1-2-6(4-12)11(15)16;;/h1-4,6,9,13H,5,12H2,(H,14,15);1-4,7-10,13-14H,5H2,(H2-,15,16,17,18,19);;/p+1/t;7-,8-,9-,10-;;/m.1../s1. The number of hydrogen-bond donors (Lipinski definition) is 8. The molecule has 0 spiro atoms. The van der Waals surface area contributed by atoms with Crippen LogP contribution in [0.1, 0.15) is 22.1 Å². The molecule has 0 aliphatic carbocycles. The number of carboxylic acids is 2. The van der Waals surface area contributed by atoms with Gasteiger partial charge in [-0.2, -0.15) is 4.57 Å². The Morgan fingerprint density at radius 3 is 2.45 bits per heavy atom. The van der Waals surface area contributed by atoms with Gasteiger partial charge in [0.2, 0.25) is 0 Å². The van der Waals surface area contributed by atoms with Crippen LogP contribution in [0.2, 0.25) is 0 Å². The number of nitrogens with one attached hydrogen (secondary N) is 1. The second kappa shape index (κ2) is 13.7. The van der Waals surface area contributed by atoms with Crippen molar-refractivity contribution in [3.05, 3.63) is 66.1 Å². The van der Waals surface area contributed by atoms with Crippen molar-refractivity contribution >= 4 is 60.2 Å². The van der Waals surface area contributed by atoms with Gasteiger partial charge in [-0.25, -0.2) is 9.36 Å². The van der Waals surface area contributed by atoms with E-state index in [1.165, 1.54) is 29.1 Å². The molecule has 38 heavy (non-hydrogen) atoms. The molecule has 202 valence electrons. The SMILES string of the molecule is NC(Cc1c[nH]c2ccccc12)C(=O)O.O=C(O)c1ccc[n+]([C@@H]2O[C@H](COP(=O)(O)O)[C@@H](O)[C@H]2O)c1.[NaH]. The zero-order chi connectivity index (χ0) is 27.3.